The van der Waals surface area contributed by atoms with Crippen LogP contribution < -0.4 is 4.90 Å². The summed E-state index contributed by atoms with van der Waals surface area (Å²) >= 11 is 1.68. The van der Waals surface area contributed by atoms with Crippen molar-refractivity contribution >= 4 is 27.3 Å². The van der Waals surface area contributed by atoms with Crippen molar-refractivity contribution < 1.29 is 13.5 Å². The standard InChI is InChI=1S/C13H19NO3S2/c1-10(15)11-3-5-12(6-4-11)14-7-8-18-9-13(14)19(2,16)17/h3-6,10,13,15H,7-9H2,1-2H3. The average molecular weight is 301 g/mol. The topological polar surface area (TPSA) is 57.6 Å². The fourth-order valence-electron chi connectivity index (χ4n) is 2.18. The normalized spacial score (nSPS) is 22.3. The van der Waals surface area contributed by atoms with E-state index in [4.69, 9.17) is 0 Å². The first-order valence-electron chi connectivity index (χ1n) is 6.21. The summed E-state index contributed by atoms with van der Waals surface area (Å²) in [6.45, 7) is 2.45. The van der Waals surface area contributed by atoms with Gasteiger partial charge in [-0.15, -0.1) is 0 Å². The molecule has 2 rings (SSSR count). The Hall–Kier alpha value is -0.720. The molecule has 0 spiro atoms. The minimum atomic E-state index is -3.09. The summed E-state index contributed by atoms with van der Waals surface area (Å²) < 4.78 is 23.7. The number of thioether (sulfide) groups is 1. The van der Waals surface area contributed by atoms with Gasteiger partial charge in [0.1, 0.15) is 5.37 Å². The SMILES string of the molecule is CC(O)c1ccc(N2CCSCC2S(C)(=O)=O)cc1. The summed E-state index contributed by atoms with van der Waals surface area (Å²) in [4.78, 5) is 1.94. The minimum Gasteiger partial charge on any atom is -0.389 e. The second kappa shape index (κ2) is 5.73. The molecule has 0 amide bonds. The summed E-state index contributed by atoms with van der Waals surface area (Å²) in [5, 5.41) is 9.04. The van der Waals surface area contributed by atoms with Gasteiger partial charge in [-0.1, -0.05) is 12.1 Å². The highest BCUT2D eigenvalue weighted by Crippen LogP contribution is 2.27. The summed E-state index contributed by atoms with van der Waals surface area (Å²) in [7, 11) is -3.09. The average Bonchev–Trinajstić information content (AvgIpc) is 2.38. The van der Waals surface area contributed by atoms with E-state index < -0.39 is 21.3 Å². The van der Waals surface area contributed by atoms with Gasteiger partial charge in [0, 0.05) is 30.0 Å². The maximum absolute atomic E-state index is 11.9. The third kappa shape index (κ3) is 3.43. The molecule has 1 heterocycles. The highest BCUT2D eigenvalue weighted by atomic mass is 32.2. The number of hydrogen-bond acceptors (Lipinski definition) is 5. The molecule has 1 saturated heterocycles. The number of rotatable bonds is 3. The molecule has 0 aromatic heterocycles. The van der Waals surface area contributed by atoms with Gasteiger partial charge in [0.15, 0.2) is 9.84 Å². The Morgan fingerprint density at radius 1 is 1.37 bits per heavy atom. The smallest absolute Gasteiger partial charge is 0.169 e. The van der Waals surface area contributed by atoms with E-state index in [1.54, 1.807) is 18.7 Å². The number of sulfone groups is 1. The molecule has 1 aromatic rings. The van der Waals surface area contributed by atoms with Gasteiger partial charge in [-0.25, -0.2) is 8.42 Å². The Morgan fingerprint density at radius 2 is 2.00 bits per heavy atom. The number of aliphatic hydroxyl groups is 1. The molecule has 106 valence electrons. The number of anilines is 1. The minimum absolute atomic E-state index is 0.455. The van der Waals surface area contributed by atoms with E-state index in [0.717, 1.165) is 23.5 Å². The first kappa shape index (κ1) is 14.7. The highest BCUT2D eigenvalue weighted by molar-refractivity contribution is 8.01. The number of hydrogen-bond donors (Lipinski definition) is 1. The lowest BCUT2D eigenvalue weighted by Crippen LogP contribution is -2.47. The third-order valence-corrected chi connectivity index (χ3v) is 5.93. The molecule has 1 aliphatic rings. The Bertz CT molecular complexity index is 525. The van der Waals surface area contributed by atoms with Crippen molar-refractivity contribution in [3.63, 3.8) is 0 Å². The number of aliphatic hydroxyl groups excluding tert-OH is 1. The molecule has 6 heteroatoms. The van der Waals surface area contributed by atoms with Gasteiger partial charge in [0.05, 0.1) is 6.10 Å². The van der Waals surface area contributed by atoms with Gasteiger partial charge in [-0.3, -0.25) is 0 Å². The maximum Gasteiger partial charge on any atom is 0.169 e. The van der Waals surface area contributed by atoms with Crippen molar-refractivity contribution in [2.24, 2.45) is 0 Å². The summed E-state index contributed by atoms with van der Waals surface area (Å²) in [6.07, 6.45) is 0.789. The molecule has 2 atom stereocenters. The maximum atomic E-state index is 11.9. The largest absolute Gasteiger partial charge is 0.389 e. The van der Waals surface area contributed by atoms with Crippen molar-refractivity contribution in [1.29, 1.82) is 0 Å². The zero-order chi connectivity index (χ0) is 14.0. The van der Waals surface area contributed by atoms with Crippen LogP contribution in [0.1, 0.15) is 18.6 Å². The second-order valence-corrected chi connectivity index (χ2v) is 8.17. The third-order valence-electron chi connectivity index (χ3n) is 3.29. The van der Waals surface area contributed by atoms with E-state index in [1.807, 2.05) is 29.2 Å². The van der Waals surface area contributed by atoms with Crippen molar-refractivity contribution in [2.45, 2.75) is 18.4 Å². The molecule has 0 saturated carbocycles. The zero-order valence-electron chi connectivity index (χ0n) is 11.1. The van der Waals surface area contributed by atoms with Crippen LogP contribution in [0.25, 0.3) is 0 Å². The van der Waals surface area contributed by atoms with Gasteiger partial charge in [-0.2, -0.15) is 11.8 Å². The molecular weight excluding hydrogens is 282 g/mol. The van der Waals surface area contributed by atoms with E-state index in [0.29, 0.717) is 5.75 Å². The summed E-state index contributed by atoms with van der Waals surface area (Å²) in [6, 6.07) is 7.47. The van der Waals surface area contributed by atoms with E-state index >= 15 is 0 Å². The lowest BCUT2D eigenvalue weighted by Gasteiger charge is -2.36. The van der Waals surface area contributed by atoms with Crippen molar-refractivity contribution in [1.82, 2.24) is 0 Å². The summed E-state index contributed by atoms with van der Waals surface area (Å²) in [5.41, 5.74) is 1.74. The van der Waals surface area contributed by atoms with Crippen LogP contribution >= 0.6 is 11.8 Å². The molecule has 1 N–H and O–H groups in total. The molecule has 0 bridgehead atoms. The number of nitrogens with zero attached hydrogens (tertiary/aromatic N) is 1. The molecule has 1 fully saturated rings. The van der Waals surface area contributed by atoms with Gasteiger partial charge >= 0.3 is 0 Å². The molecular formula is C13H19NO3S2. The Labute approximate surface area is 118 Å². The number of benzene rings is 1. The predicted octanol–water partition coefficient (Wildman–Crippen LogP) is 1.66. The van der Waals surface area contributed by atoms with E-state index in [2.05, 4.69) is 0 Å². The molecule has 19 heavy (non-hydrogen) atoms. The first-order chi connectivity index (χ1) is 8.89. The quantitative estimate of drug-likeness (QED) is 0.920. The van der Waals surface area contributed by atoms with Crippen molar-refractivity contribution in [2.75, 3.05) is 29.2 Å². The monoisotopic (exact) mass is 301 g/mol. The molecule has 1 aromatic carbocycles. The lowest BCUT2D eigenvalue weighted by atomic mass is 10.1. The van der Waals surface area contributed by atoms with Gasteiger partial charge in [-0.05, 0) is 24.6 Å². The van der Waals surface area contributed by atoms with Crippen LogP contribution in [-0.2, 0) is 9.84 Å². The van der Waals surface area contributed by atoms with Crippen LogP contribution in [0.3, 0.4) is 0 Å². The fraction of sp³-hybridized carbons (Fsp3) is 0.538. The van der Waals surface area contributed by atoms with Crippen LogP contribution in [-0.4, -0.2) is 43.2 Å². The Morgan fingerprint density at radius 3 is 2.53 bits per heavy atom. The predicted molar refractivity (Wildman–Crippen MR) is 80.4 cm³/mol. The first-order valence-corrected chi connectivity index (χ1v) is 9.32. The van der Waals surface area contributed by atoms with Gasteiger partial charge < -0.3 is 10.0 Å². The second-order valence-electron chi connectivity index (χ2n) is 4.82. The van der Waals surface area contributed by atoms with Crippen LogP contribution in [0.5, 0.6) is 0 Å². The van der Waals surface area contributed by atoms with Crippen molar-refractivity contribution in [3.8, 4) is 0 Å². The Balaban J connectivity index is 2.27. The van der Waals surface area contributed by atoms with Crippen LogP contribution in [0.2, 0.25) is 0 Å². The van der Waals surface area contributed by atoms with Gasteiger partial charge in [0.25, 0.3) is 0 Å². The molecule has 4 nitrogen and oxygen atoms in total. The van der Waals surface area contributed by atoms with Crippen molar-refractivity contribution in [3.05, 3.63) is 29.8 Å². The zero-order valence-corrected chi connectivity index (χ0v) is 12.7. The van der Waals surface area contributed by atoms with Gasteiger partial charge in [0.2, 0.25) is 0 Å². The van der Waals surface area contributed by atoms with Crippen LogP contribution in [0.4, 0.5) is 5.69 Å². The van der Waals surface area contributed by atoms with E-state index in [-0.39, 0.29) is 0 Å². The van der Waals surface area contributed by atoms with Crippen LogP contribution in [0, 0.1) is 0 Å². The van der Waals surface area contributed by atoms with E-state index in [1.165, 1.54) is 6.26 Å². The Kier molecular flexibility index (Phi) is 4.43. The molecule has 2 unspecified atom stereocenters. The lowest BCUT2D eigenvalue weighted by molar-refractivity contribution is 0.199. The molecule has 1 aliphatic heterocycles. The fourth-order valence-corrected chi connectivity index (χ4v) is 5.02. The summed E-state index contributed by atoms with van der Waals surface area (Å²) in [5.74, 6) is 1.54. The molecule has 0 radical (unpaired) electrons. The van der Waals surface area contributed by atoms with Crippen LogP contribution in [0.15, 0.2) is 24.3 Å². The highest BCUT2D eigenvalue weighted by Gasteiger charge is 2.31. The van der Waals surface area contributed by atoms with E-state index in [9.17, 15) is 13.5 Å². The molecule has 0 aliphatic carbocycles.